The summed E-state index contributed by atoms with van der Waals surface area (Å²) in [5.41, 5.74) is -0.375. The number of ketones is 1. The highest BCUT2D eigenvalue weighted by molar-refractivity contribution is 9.09. The maximum Gasteiger partial charge on any atom is 0.416 e. The first-order valence-electron chi connectivity index (χ1n) is 5.71. The summed E-state index contributed by atoms with van der Waals surface area (Å²) < 4.78 is 37.0. The molecule has 0 amide bonds. The fourth-order valence-corrected chi connectivity index (χ4v) is 1.94. The van der Waals surface area contributed by atoms with Gasteiger partial charge in [-0.25, -0.2) is 0 Å². The molecule has 0 saturated heterocycles. The standard InChI is InChI=1S/C13H14BrF3O/c14-9-3-1-2-4-12(18)10-5-7-11(8-6-10)13(15,16)17/h5-8H,1-4,9H2. The molecule has 0 atom stereocenters. The summed E-state index contributed by atoms with van der Waals surface area (Å²) in [5, 5.41) is 0.904. The first-order chi connectivity index (χ1) is 8.45. The number of alkyl halides is 4. The lowest BCUT2D eigenvalue weighted by Gasteiger charge is -2.07. The van der Waals surface area contributed by atoms with Crippen LogP contribution in [-0.4, -0.2) is 11.1 Å². The van der Waals surface area contributed by atoms with Gasteiger partial charge in [0.1, 0.15) is 0 Å². The van der Waals surface area contributed by atoms with Gasteiger partial charge in [-0.15, -0.1) is 0 Å². The van der Waals surface area contributed by atoms with Crippen molar-refractivity contribution in [3.8, 4) is 0 Å². The van der Waals surface area contributed by atoms with Gasteiger partial charge in [0.05, 0.1) is 5.56 Å². The van der Waals surface area contributed by atoms with Gasteiger partial charge in [0.25, 0.3) is 0 Å². The average Bonchev–Trinajstić information content (AvgIpc) is 2.33. The third-order valence-corrected chi connectivity index (χ3v) is 3.13. The number of carbonyl (C=O) groups is 1. The monoisotopic (exact) mass is 322 g/mol. The largest absolute Gasteiger partial charge is 0.416 e. The Morgan fingerprint density at radius 2 is 1.67 bits per heavy atom. The van der Waals surface area contributed by atoms with Crippen molar-refractivity contribution in [3.63, 3.8) is 0 Å². The molecule has 0 radical (unpaired) electrons. The molecule has 1 aromatic carbocycles. The van der Waals surface area contributed by atoms with Crippen LogP contribution in [0, 0.1) is 0 Å². The molecule has 100 valence electrons. The summed E-state index contributed by atoms with van der Waals surface area (Å²) in [6, 6.07) is 4.39. The van der Waals surface area contributed by atoms with E-state index >= 15 is 0 Å². The minimum atomic E-state index is -4.35. The van der Waals surface area contributed by atoms with Crippen molar-refractivity contribution in [2.75, 3.05) is 5.33 Å². The van der Waals surface area contributed by atoms with Crippen molar-refractivity contribution in [1.29, 1.82) is 0 Å². The topological polar surface area (TPSA) is 17.1 Å². The van der Waals surface area contributed by atoms with Gasteiger partial charge in [-0.05, 0) is 25.0 Å². The van der Waals surface area contributed by atoms with Gasteiger partial charge in [0.15, 0.2) is 5.78 Å². The van der Waals surface area contributed by atoms with Crippen LogP contribution in [0.2, 0.25) is 0 Å². The van der Waals surface area contributed by atoms with Gasteiger partial charge in [-0.3, -0.25) is 4.79 Å². The number of hydrogen-bond acceptors (Lipinski definition) is 1. The van der Waals surface area contributed by atoms with Crippen molar-refractivity contribution < 1.29 is 18.0 Å². The second-order valence-corrected chi connectivity index (χ2v) is 4.79. The maximum atomic E-state index is 12.3. The minimum absolute atomic E-state index is 0.0988. The maximum absolute atomic E-state index is 12.3. The molecular weight excluding hydrogens is 309 g/mol. The Kier molecular flexibility index (Phi) is 5.85. The van der Waals surface area contributed by atoms with Crippen LogP contribution in [0.5, 0.6) is 0 Å². The van der Waals surface area contributed by atoms with E-state index < -0.39 is 11.7 Å². The molecule has 1 aromatic rings. The number of rotatable bonds is 6. The van der Waals surface area contributed by atoms with E-state index in [0.717, 1.165) is 36.7 Å². The van der Waals surface area contributed by atoms with Gasteiger partial charge in [0, 0.05) is 17.3 Å². The van der Waals surface area contributed by atoms with E-state index in [0.29, 0.717) is 12.0 Å². The molecule has 0 saturated carbocycles. The quantitative estimate of drug-likeness (QED) is 0.416. The predicted octanol–water partition coefficient (Wildman–Crippen LogP) is 4.84. The summed E-state index contributed by atoms with van der Waals surface area (Å²) in [4.78, 5) is 11.7. The minimum Gasteiger partial charge on any atom is -0.294 e. The number of halogens is 4. The van der Waals surface area contributed by atoms with E-state index in [-0.39, 0.29) is 5.78 Å². The van der Waals surface area contributed by atoms with Crippen molar-refractivity contribution in [1.82, 2.24) is 0 Å². The SMILES string of the molecule is O=C(CCCCCBr)c1ccc(C(F)(F)F)cc1. The first-order valence-corrected chi connectivity index (χ1v) is 6.83. The molecule has 0 aliphatic heterocycles. The predicted molar refractivity (Wildman–Crippen MR) is 68.0 cm³/mol. The summed E-state index contributed by atoms with van der Waals surface area (Å²) in [7, 11) is 0. The van der Waals surface area contributed by atoms with Gasteiger partial charge >= 0.3 is 6.18 Å². The third-order valence-electron chi connectivity index (χ3n) is 2.57. The lowest BCUT2D eigenvalue weighted by atomic mass is 10.0. The average molecular weight is 323 g/mol. The Hall–Kier alpha value is -0.840. The Morgan fingerprint density at radius 3 is 2.17 bits per heavy atom. The van der Waals surface area contributed by atoms with Crippen LogP contribution < -0.4 is 0 Å². The van der Waals surface area contributed by atoms with Gasteiger partial charge < -0.3 is 0 Å². The fourth-order valence-electron chi connectivity index (χ4n) is 1.55. The van der Waals surface area contributed by atoms with E-state index in [1.807, 2.05) is 0 Å². The van der Waals surface area contributed by atoms with Crippen molar-refractivity contribution in [2.45, 2.75) is 31.9 Å². The Labute approximate surface area is 113 Å². The molecule has 5 heteroatoms. The van der Waals surface area contributed by atoms with E-state index in [1.54, 1.807) is 0 Å². The van der Waals surface area contributed by atoms with E-state index in [2.05, 4.69) is 15.9 Å². The molecule has 0 N–H and O–H groups in total. The molecule has 18 heavy (non-hydrogen) atoms. The van der Waals surface area contributed by atoms with Crippen molar-refractivity contribution in [3.05, 3.63) is 35.4 Å². The van der Waals surface area contributed by atoms with E-state index in [4.69, 9.17) is 0 Å². The van der Waals surface area contributed by atoms with Crippen LogP contribution >= 0.6 is 15.9 Å². The first kappa shape index (κ1) is 15.2. The molecule has 1 nitrogen and oxygen atoms in total. The molecule has 0 bridgehead atoms. The molecule has 0 aliphatic carbocycles. The zero-order chi connectivity index (χ0) is 13.6. The molecule has 1 rings (SSSR count). The summed E-state index contributed by atoms with van der Waals surface area (Å²) in [6.07, 6.45) is -1.25. The highest BCUT2D eigenvalue weighted by Crippen LogP contribution is 2.29. The molecule has 0 unspecified atom stereocenters. The molecule has 0 spiro atoms. The Balaban J connectivity index is 2.54. The van der Waals surface area contributed by atoms with Crippen LogP contribution in [-0.2, 0) is 6.18 Å². The second-order valence-electron chi connectivity index (χ2n) is 4.00. The molecular formula is C13H14BrF3O. The fraction of sp³-hybridized carbons (Fsp3) is 0.462. The van der Waals surface area contributed by atoms with Crippen LogP contribution in [0.4, 0.5) is 13.2 Å². The van der Waals surface area contributed by atoms with Crippen LogP contribution in [0.1, 0.15) is 41.6 Å². The van der Waals surface area contributed by atoms with Crippen LogP contribution in [0.3, 0.4) is 0 Å². The third kappa shape index (κ3) is 4.80. The summed E-state index contributed by atoms with van der Waals surface area (Å²) in [5.74, 6) is -0.0988. The van der Waals surface area contributed by atoms with Crippen LogP contribution in [0.25, 0.3) is 0 Å². The lowest BCUT2D eigenvalue weighted by Crippen LogP contribution is -2.06. The molecule has 0 aromatic heterocycles. The number of Topliss-reactive ketones (excluding diaryl/α,β-unsaturated/α-hetero) is 1. The number of unbranched alkanes of at least 4 members (excludes halogenated alkanes) is 2. The molecule has 0 heterocycles. The second kappa shape index (κ2) is 6.92. The number of benzene rings is 1. The Morgan fingerprint density at radius 1 is 1.06 bits per heavy atom. The zero-order valence-electron chi connectivity index (χ0n) is 9.77. The van der Waals surface area contributed by atoms with Gasteiger partial charge in [-0.2, -0.15) is 13.2 Å². The molecule has 0 aliphatic rings. The highest BCUT2D eigenvalue weighted by atomic mass is 79.9. The van der Waals surface area contributed by atoms with Crippen molar-refractivity contribution in [2.24, 2.45) is 0 Å². The molecule has 0 fully saturated rings. The van der Waals surface area contributed by atoms with E-state index in [1.165, 1.54) is 12.1 Å². The van der Waals surface area contributed by atoms with Gasteiger partial charge in [-0.1, -0.05) is 34.5 Å². The highest BCUT2D eigenvalue weighted by Gasteiger charge is 2.30. The van der Waals surface area contributed by atoms with Gasteiger partial charge in [0.2, 0.25) is 0 Å². The smallest absolute Gasteiger partial charge is 0.294 e. The zero-order valence-corrected chi connectivity index (χ0v) is 11.4. The lowest BCUT2D eigenvalue weighted by molar-refractivity contribution is -0.137. The van der Waals surface area contributed by atoms with Crippen molar-refractivity contribution >= 4 is 21.7 Å². The number of carbonyl (C=O) groups excluding carboxylic acids is 1. The van der Waals surface area contributed by atoms with Crippen LogP contribution in [0.15, 0.2) is 24.3 Å². The normalized spacial score (nSPS) is 11.6. The summed E-state index contributed by atoms with van der Waals surface area (Å²) in [6.45, 7) is 0. The summed E-state index contributed by atoms with van der Waals surface area (Å²) >= 11 is 3.30. The van der Waals surface area contributed by atoms with E-state index in [9.17, 15) is 18.0 Å². The number of hydrogen-bond donors (Lipinski definition) is 0. The Bertz CT molecular complexity index is 384.